The molecule has 2 saturated heterocycles. The molecular formula is C27H32ClFN4O2. The van der Waals surface area contributed by atoms with E-state index in [1.54, 1.807) is 13.0 Å². The molecule has 2 aliphatic rings. The van der Waals surface area contributed by atoms with E-state index in [9.17, 15) is 14.0 Å². The molecule has 8 heteroatoms. The monoisotopic (exact) mass is 498 g/mol. The van der Waals surface area contributed by atoms with Gasteiger partial charge in [-0.25, -0.2) is 4.39 Å². The summed E-state index contributed by atoms with van der Waals surface area (Å²) in [7, 11) is 0. The lowest BCUT2D eigenvalue weighted by Gasteiger charge is -2.34. The van der Waals surface area contributed by atoms with Gasteiger partial charge in [0.1, 0.15) is 5.82 Å². The van der Waals surface area contributed by atoms with Gasteiger partial charge in [-0.05, 0) is 47.0 Å². The number of carbonyl (C=O) groups is 2. The average molecular weight is 499 g/mol. The number of carbonyl (C=O) groups excluding carboxylic acids is 2. The molecule has 0 spiro atoms. The second-order valence-corrected chi connectivity index (χ2v) is 9.62. The number of piperazine rings is 2. The fraction of sp³-hybridized carbons (Fsp3) is 0.407. The fourth-order valence-corrected chi connectivity index (χ4v) is 4.77. The first-order valence-electron chi connectivity index (χ1n) is 12.1. The summed E-state index contributed by atoms with van der Waals surface area (Å²) in [4.78, 5) is 32.8. The molecule has 0 radical (unpaired) electrons. The van der Waals surface area contributed by atoms with Crippen molar-refractivity contribution < 1.29 is 14.0 Å². The molecule has 4 rings (SSSR count). The number of hydrogen-bond donors (Lipinski definition) is 0. The van der Waals surface area contributed by atoms with Gasteiger partial charge in [-0.2, -0.15) is 0 Å². The number of nitrogens with zero attached hydrogens (tertiary/aromatic N) is 4. The molecule has 2 aliphatic heterocycles. The first-order valence-corrected chi connectivity index (χ1v) is 12.5. The molecule has 0 saturated carbocycles. The molecule has 2 amide bonds. The van der Waals surface area contributed by atoms with Crippen LogP contribution in [0.5, 0.6) is 0 Å². The maximum absolute atomic E-state index is 13.1. The summed E-state index contributed by atoms with van der Waals surface area (Å²) in [6.07, 6.45) is 3.53. The molecule has 6 nitrogen and oxygen atoms in total. The summed E-state index contributed by atoms with van der Waals surface area (Å²) in [5, 5.41) is 0.670. The Morgan fingerprint density at radius 1 is 0.857 bits per heavy atom. The number of rotatable bonds is 6. The van der Waals surface area contributed by atoms with Crippen molar-refractivity contribution in [3.63, 3.8) is 0 Å². The SMILES string of the molecule is CC(=O)N1CCN(Cc2cc(Cl)ccc2/C=C/C(=O)N2CCN(Cc3ccc(F)cc3)CC2)CC1. The summed E-state index contributed by atoms with van der Waals surface area (Å²) in [5.74, 6) is -0.108. The Hall–Kier alpha value is -2.74. The van der Waals surface area contributed by atoms with Gasteiger partial charge in [-0.3, -0.25) is 19.4 Å². The maximum Gasteiger partial charge on any atom is 0.246 e. The molecule has 0 N–H and O–H groups in total. The highest BCUT2D eigenvalue weighted by Crippen LogP contribution is 2.20. The Kier molecular flexibility index (Phi) is 8.55. The van der Waals surface area contributed by atoms with Crippen LogP contribution >= 0.6 is 11.6 Å². The quantitative estimate of drug-likeness (QED) is 0.572. The van der Waals surface area contributed by atoms with Gasteiger partial charge in [0.15, 0.2) is 0 Å². The van der Waals surface area contributed by atoms with Crippen molar-refractivity contribution in [2.45, 2.75) is 20.0 Å². The summed E-state index contributed by atoms with van der Waals surface area (Å²) in [5.41, 5.74) is 3.12. The average Bonchev–Trinajstić information content (AvgIpc) is 2.85. The molecule has 0 aromatic heterocycles. The van der Waals surface area contributed by atoms with E-state index in [1.807, 2.05) is 46.2 Å². The van der Waals surface area contributed by atoms with Gasteiger partial charge in [0.2, 0.25) is 11.8 Å². The van der Waals surface area contributed by atoms with Crippen molar-refractivity contribution in [1.29, 1.82) is 0 Å². The van der Waals surface area contributed by atoms with Crippen molar-refractivity contribution in [1.82, 2.24) is 19.6 Å². The molecular weight excluding hydrogens is 467 g/mol. The Morgan fingerprint density at radius 3 is 2.09 bits per heavy atom. The zero-order valence-electron chi connectivity index (χ0n) is 20.1. The van der Waals surface area contributed by atoms with Crippen LogP contribution in [-0.4, -0.2) is 83.8 Å². The molecule has 2 heterocycles. The summed E-state index contributed by atoms with van der Waals surface area (Å²) in [6, 6.07) is 12.3. The summed E-state index contributed by atoms with van der Waals surface area (Å²) >= 11 is 6.27. The van der Waals surface area contributed by atoms with Crippen LogP contribution in [0.2, 0.25) is 5.02 Å². The van der Waals surface area contributed by atoms with Crippen LogP contribution < -0.4 is 0 Å². The van der Waals surface area contributed by atoms with Gasteiger partial charge in [-0.1, -0.05) is 29.8 Å². The Balaban J connectivity index is 1.31. The largest absolute Gasteiger partial charge is 0.340 e. The summed E-state index contributed by atoms with van der Waals surface area (Å²) < 4.78 is 13.1. The zero-order chi connectivity index (χ0) is 24.8. The lowest BCUT2D eigenvalue weighted by Crippen LogP contribution is -2.47. The lowest BCUT2D eigenvalue weighted by molar-refractivity contribution is -0.130. The van der Waals surface area contributed by atoms with Crippen LogP contribution in [0, 0.1) is 5.82 Å². The van der Waals surface area contributed by atoms with Crippen LogP contribution in [0.4, 0.5) is 4.39 Å². The Bertz CT molecular complexity index is 1060. The number of amides is 2. The topological polar surface area (TPSA) is 47.1 Å². The predicted octanol–water partition coefficient (Wildman–Crippen LogP) is 3.50. The van der Waals surface area contributed by atoms with Gasteiger partial charge < -0.3 is 9.80 Å². The van der Waals surface area contributed by atoms with Crippen LogP contribution in [0.1, 0.15) is 23.6 Å². The fourth-order valence-electron chi connectivity index (χ4n) is 4.58. The van der Waals surface area contributed by atoms with Crippen molar-refractivity contribution in [3.8, 4) is 0 Å². The highest BCUT2D eigenvalue weighted by atomic mass is 35.5. The minimum atomic E-state index is -0.227. The van der Waals surface area contributed by atoms with Crippen LogP contribution in [-0.2, 0) is 22.7 Å². The van der Waals surface area contributed by atoms with E-state index >= 15 is 0 Å². The Morgan fingerprint density at radius 2 is 1.46 bits per heavy atom. The highest BCUT2D eigenvalue weighted by Gasteiger charge is 2.21. The van der Waals surface area contributed by atoms with Crippen LogP contribution in [0.15, 0.2) is 48.5 Å². The van der Waals surface area contributed by atoms with Crippen molar-refractivity contribution in [3.05, 3.63) is 76.1 Å². The van der Waals surface area contributed by atoms with E-state index in [0.717, 1.165) is 69.0 Å². The van der Waals surface area contributed by atoms with E-state index in [4.69, 9.17) is 11.6 Å². The summed E-state index contributed by atoms with van der Waals surface area (Å²) in [6.45, 7) is 9.08. The second kappa shape index (κ2) is 11.8. The van der Waals surface area contributed by atoms with Crippen LogP contribution in [0.25, 0.3) is 6.08 Å². The zero-order valence-corrected chi connectivity index (χ0v) is 20.9. The molecule has 0 bridgehead atoms. The van der Waals surface area contributed by atoms with Gasteiger partial charge in [0.25, 0.3) is 0 Å². The predicted molar refractivity (Wildman–Crippen MR) is 136 cm³/mol. The second-order valence-electron chi connectivity index (χ2n) is 9.19. The molecule has 2 aromatic carbocycles. The molecule has 35 heavy (non-hydrogen) atoms. The van der Waals surface area contributed by atoms with Gasteiger partial charge in [0.05, 0.1) is 0 Å². The first-order chi connectivity index (χ1) is 16.9. The third-order valence-corrected chi connectivity index (χ3v) is 6.96. The number of halogens is 2. The third kappa shape index (κ3) is 7.13. The first kappa shape index (κ1) is 25.4. The van der Waals surface area contributed by atoms with Crippen LogP contribution in [0.3, 0.4) is 0 Å². The van der Waals surface area contributed by atoms with E-state index in [2.05, 4.69) is 9.80 Å². The van der Waals surface area contributed by atoms with Gasteiger partial charge >= 0.3 is 0 Å². The lowest BCUT2D eigenvalue weighted by atomic mass is 10.1. The van der Waals surface area contributed by atoms with Crippen molar-refractivity contribution >= 4 is 29.5 Å². The highest BCUT2D eigenvalue weighted by molar-refractivity contribution is 6.30. The van der Waals surface area contributed by atoms with E-state index in [-0.39, 0.29) is 17.6 Å². The van der Waals surface area contributed by atoms with E-state index in [1.165, 1.54) is 12.1 Å². The minimum absolute atomic E-state index is 0.00223. The molecule has 2 fully saturated rings. The van der Waals surface area contributed by atoms with E-state index < -0.39 is 0 Å². The number of hydrogen-bond acceptors (Lipinski definition) is 4. The molecule has 0 atom stereocenters. The molecule has 0 aliphatic carbocycles. The number of benzene rings is 2. The Labute approximate surface area is 211 Å². The van der Waals surface area contributed by atoms with E-state index in [0.29, 0.717) is 18.1 Å². The molecule has 2 aromatic rings. The normalized spacial score (nSPS) is 17.8. The standard InChI is InChI=1S/C27H32ClFN4O2/c1-21(34)32-14-10-31(11-15-32)20-24-18-25(28)6-4-23(24)5-9-27(35)33-16-12-30(13-17-33)19-22-2-7-26(29)8-3-22/h2-9,18H,10-17,19-20H2,1H3/b9-5+. The minimum Gasteiger partial charge on any atom is -0.340 e. The maximum atomic E-state index is 13.1. The van der Waals surface area contributed by atoms with Crippen molar-refractivity contribution in [2.75, 3.05) is 52.4 Å². The van der Waals surface area contributed by atoms with Gasteiger partial charge in [0, 0.05) is 83.5 Å². The molecule has 186 valence electrons. The van der Waals surface area contributed by atoms with Crippen molar-refractivity contribution in [2.24, 2.45) is 0 Å². The smallest absolute Gasteiger partial charge is 0.246 e. The molecule has 0 unspecified atom stereocenters. The van der Waals surface area contributed by atoms with Gasteiger partial charge in [-0.15, -0.1) is 0 Å². The third-order valence-electron chi connectivity index (χ3n) is 6.73.